The quantitative estimate of drug-likeness (QED) is 0.688. The molecule has 4 nitrogen and oxygen atoms in total. The van der Waals surface area contributed by atoms with Crippen molar-refractivity contribution < 1.29 is 14.3 Å². The van der Waals surface area contributed by atoms with Gasteiger partial charge in [0, 0.05) is 5.56 Å². The molecule has 1 aromatic rings. The molecule has 2 N–H and O–H groups in total. The Balaban J connectivity index is 2.88. The zero-order chi connectivity index (χ0) is 10.4. The molecule has 0 aliphatic heterocycles. The SMILES string of the molecule is NCC(=O)C(OC=O)c1ccccc1. The summed E-state index contributed by atoms with van der Waals surface area (Å²) in [6.07, 6.45) is -0.876. The van der Waals surface area contributed by atoms with Gasteiger partial charge in [-0.15, -0.1) is 0 Å². The minimum absolute atomic E-state index is 0.145. The summed E-state index contributed by atoms with van der Waals surface area (Å²) >= 11 is 0. The lowest BCUT2D eigenvalue weighted by Gasteiger charge is -2.12. The molecule has 1 unspecified atom stereocenters. The minimum Gasteiger partial charge on any atom is -0.452 e. The monoisotopic (exact) mass is 193 g/mol. The number of nitrogens with two attached hydrogens (primary N) is 1. The maximum Gasteiger partial charge on any atom is 0.294 e. The lowest BCUT2D eigenvalue weighted by molar-refractivity contribution is -0.143. The zero-order valence-electron chi connectivity index (χ0n) is 7.55. The predicted octanol–water partition coefficient (Wildman–Crippen LogP) is 0.428. The molecule has 1 aromatic carbocycles. The first-order valence-electron chi connectivity index (χ1n) is 4.16. The molecular formula is C10H11NO3. The van der Waals surface area contributed by atoms with Crippen LogP contribution in [0.15, 0.2) is 30.3 Å². The summed E-state index contributed by atoms with van der Waals surface area (Å²) in [5, 5.41) is 0. The normalized spacial score (nSPS) is 11.8. The molecule has 74 valence electrons. The number of benzene rings is 1. The first-order valence-corrected chi connectivity index (χ1v) is 4.16. The van der Waals surface area contributed by atoms with Crippen molar-refractivity contribution in [2.45, 2.75) is 6.10 Å². The summed E-state index contributed by atoms with van der Waals surface area (Å²) in [6, 6.07) is 8.76. The van der Waals surface area contributed by atoms with Crippen molar-refractivity contribution in [1.29, 1.82) is 0 Å². The molecule has 0 aliphatic carbocycles. The van der Waals surface area contributed by atoms with E-state index in [9.17, 15) is 9.59 Å². The third kappa shape index (κ3) is 2.40. The minimum atomic E-state index is -0.876. The molecule has 0 fully saturated rings. The van der Waals surface area contributed by atoms with Gasteiger partial charge in [-0.05, 0) is 0 Å². The topological polar surface area (TPSA) is 69.4 Å². The molecule has 14 heavy (non-hydrogen) atoms. The van der Waals surface area contributed by atoms with E-state index in [0.717, 1.165) is 0 Å². The van der Waals surface area contributed by atoms with Crippen LogP contribution in [0, 0.1) is 0 Å². The van der Waals surface area contributed by atoms with Gasteiger partial charge < -0.3 is 10.5 Å². The maximum atomic E-state index is 11.3. The molecule has 0 aliphatic rings. The number of carbonyl (C=O) groups excluding carboxylic acids is 2. The van der Waals surface area contributed by atoms with Crippen molar-refractivity contribution in [3.05, 3.63) is 35.9 Å². The fourth-order valence-electron chi connectivity index (χ4n) is 1.13. The average Bonchev–Trinajstić information content (AvgIpc) is 2.26. The number of ether oxygens (including phenoxy) is 1. The number of rotatable bonds is 5. The van der Waals surface area contributed by atoms with Gasteiger partial charge in [0.05, 0.1) is 6.54 Å². The molecule has 1 atom stereocenters. The van der Waals surface area contributed by atoms with Crippen LogP contribution in [0.25, 0.3) is 0 Å². The highest BCUT2D eigenvalue weighted by molar-refractivity contribution is 5.86. The van der Waals surface area contributed by atoms with E-state index >= 15 is 0 Å². The van der Waals surface area contributed by atoms with E-state index < -0.39 is 6.10 Å². The summed E-state index contributed by atoms with van der Waals surface area (Å²) in [7, 11) is 0. The van der Waals surface area contributed by atoms with Crippen molar-refractivity contribution in [1.82, 2.24) is 0 Å². The highest BCUT2D eigenvalue weighted by Crippen LogP contribution is 2.16. The number of carbonyl (C=O) groups is 2. The Bertz CT molecular complexity index is 310. The lowest BCUT2D eigenvalue weighted by atomic mass is 10.1. The molecule has 0 spiro atoms. The largest absolute Gasteiger partial charge is 0.452 e. The van der Waals surface area contributed by atoms with Crippen LogP contribution in [0.3, 0.4) is 0 Å². The molecule has 4 heteroatoms. The number of hydrogen-bond donors (Lipinski definition) is 1. The van der Waals surface area contributed by atoms with Gasteiger partial charge in [0.1, 0.15) is 0 Å². The molecule has 0 aromatic heterocycles. The number of ketones is 1. The highest BCUT2D eigenvalue weighted by atomic mass is 16.5. The van der Waals surface area contributed by atoms with Crippen LogP contribution >= 0.6 is 0 Å². The van der Waals surface area contributed by atoms with Crippen molar-refractivity contribution >= 4 is 12.3 Å². The molecule has 0 saturated heterocycles. The average molecular weight is 193 g/mol. The smallest absolute Gasteiger partial charge is 0.294 e. The van der Waals surface area contributed by atoms with Gasteiger partial charge >= 0.3 is 0 Å². The number of hydrogen-bond acceptors (Lipinski definition) is 4. The van der Waals surface area contributed by atoms with Gasteiger partial charge in [0.25, 0.3) is 6.47 Å². The zero-order valence-corrected chi connectivity index (χ0v) is 7.55. The molecule has 0 saturated carbocycles. The van der Waals surface area contributed by atoms with E-state index in [1.165, 1.54) is 0 Å². The van der Waals surface area contributed by atoms with Crippen molar-refractivity contribution in [3.8, 4) is 0 Å². The Labute approximate surface area is 81.7 Å². The molecular weight excluding hydrogens is 182 g/mol. The van der Waals surface area contributed by atoms with Gasteiger partial charge in [-0.25, -0.2) is 0 Å². The fraction of sp³-hybridized carbons (Fsp3) is 0.200. The van der Waals surface area contributed by atoms with Gasteiger partial charge in [-0.2, -0.15) is 0 Å². The Morgan fingerprint density at radius 3 is 2.57 bits per heavy atom. The molecule has 0 heterocycles. The van der Waals surface area contributed by atoms with E-state index in [4.69, 9.17) is 5.73 Å². The summed E-state index contributed by atoms with van der Waals surface area (Å²) in [5.41, 5.74) is 5.83. The lowest BCUT2D eigenvalue weighted by Crippen LogP contribution is -2.23. The Kier molecular flexibility index (Phi) is 3.82. The van der Waals surface area contributed by atoms with Gasteiger partial charge in [-0.3, -0.25) is 9.59 Å². The molecule has 0 bridgehead atoms. The van der Waals surface area contributed by atoms with Gasteiger partial charge in [0.2, 0.25) is 0 Å². The first kappa shape index (κ1) is 10.4. The van der Waals surface area contributed by atoms with Crippen LogP contribution in [-0.2, 0) is 14.3 Å². The Morgan fingerprint density at radius 2 is 2.07 bits per heavy atom. The summed E-state index contributed by atoms with van der Waals surface area (Å²) in [4.78, 5) is 21.5. The molecule has 0 amide bonds. The Morgan fingerprint density at radius 1 is 1.43 bits per heavy atom. The van der Waals surface area contributed by atoms with E-state index in [1.54, 1.807) is 24.3 Å². The van der Waals surface area contributed by atoms with E-state index in [0.29, 0.717) is 5.56 Å². The van der Waals surface area contributed by atoms with E-state index in [1.807, 2.05) is 6.07 Å². The van der Waals surface area contributed by atoms with Crippen molar-refractivity contribution in [3.63, 3.8) is 0 Å². The third-order valence-corrected chi connectivity index (χ3v) is 1.79. The summed E-state index contributed by atoms with van der Waals surface area (Å²) in [5.74, 6) is -0.316. The second-order valence-corrected chi connectivity index (χ2v) is 2.69. The Hall–Kier alpha value is -1.68. The molecule has 1 rings (SSSR count). The summed E-state index contributed by atoms with van der Waals surface area (Å²) in [6.45, 7) is 0.110. The summed E-state index contributed by atoms with van der Waals surface area (Å²) < 4.78 is 4.67. The van der Waals surface area contributed by atoms with Crippen LogP contribution in [0.5, 0.6) is 0 Å². The van der Waals surface area contributed by atoms with Crippen LogP contribution in [0.4, 0.5) is 0 Å². The predicted molar refractivity (Wildman–Crippen MR) is 50.4 cm³/mol. The molecule has 0 radical (unpaired) electrons. The van der Waals surface area contributed by atoms with Crippen LogP contribution in [-0.4, -0.2) is 18.8 Å². The fourth-order valence-corrected chi connectivity index (χ4v) is 1.13. The maximum absolute atomic E-state index is 11.3. The van der Waals surface area contributed by atoms with Crippen molar-refractivity contribution in [2.24, 2.45) is 5.73 Å². The van der Waals surface area contributed by atoms with E-state index in [2.05, 4.69) is 4.74 Å². The van der Waals surface area contributed by atoms with Crippen LogP contribution in [0.2, 0.25) is 0 Å². The number of Topliss-reactive ketones (excluding diaryl/α,β-unsaturated/α-hetero) is 1. The van der Waals surface area contributed by atoms with E-state index in [-0.39, 0.29) is 18.8 Å². The van der Waals surface area contributed by atoms with Gasteiger partial charge in [-0.1, -0.05) is 30.3 Å². The second kappa shape index (κ2) is 5.14. The highest BCUT2D eigenvalue weighted by Gasteiger charge is 2.19. The first-order chi connectivity index (χ1) is 6.79. The van der Waals surface area contributed by atoms with Crippen molar-refractivity contribution in [2.75, 3.05) is 6.54 Å². The van der Waals surface area contributed by atoms with Gasteiger partial charge in [0.15, 0.2) is 11.9 Å². The van der Waals surface area contributed by atoms with Crippen LogP contribution < -0.4 is 5.73 Å². The standard InChI is InChI=1S/C10H11NO3/c11-6-9(13)10(14-7-12)8-4-2-1-3-5-8/h1-5,7,10H,6,11H2. The van der Waals surface area contributed by atoms with Crippen LogP contribution in [0.1, 0.15) is 11.7 Å². The second-order valence-electron chi connectivity index (χ2n) is 2.69. The third-order valence-electron chi connectivity index (χ3n) is 1.79.